The van der Waals surface area contributed by atoms with Crippen molar-refractivity contribution in [1.82, 2.24) is 10.3 Å². The highest BCUT2D eigenvalue weighted by molar-refractivity contribution is 5.92. The van der Waals surface area contributed by atoms with E-state index in [2.05, 4.69) is 10.3 Å². The maximum absolute atomic E-state index is 14.2. The predicted molar refractivity (Wildman–Crippen MR) is 104 cm³/mol. The van der Waals surface area contributed by atoms with Crippen LogP contribution in [0.1, 0.15) is 27.4 Å². The van der Waals surface area contributed by atoms with Gasteiger partial charge in [-0.05, 0) is 54.4 Å². The number of fused-ring (bicyclic) bond motifs is 1. The zero-order valence-electron chi connectivity index (χ0n) is 15.3. The quantitative estimate of drug-likeness (QED) is 0.485. The molecule has 2 aromatic carbocycles. The van der Waals surface area contributed by atoms with Gasteiger partial charge in [0.05, 0.1) is 5.69 Å². The van der Waals surface area contributed by atoms with Crippen molar-refractivity contribution in [1.29, 1.82) is 0 Å². The lowest BCUT2D eigenvalue weighted by molar-refractivity contribution is 0.0918. The second-order valence-corrected chi connectivity index (χ2v) is 6.59. The normalized spacial score (nSPS) is 11.1. The number of aromatic amines is 1. The minimum absolute atomic E-state index is 0.157. The summed E-state index contributed by atoms with van der Waals surface area (Å²) < 4.78 is 19.4. The summed E-state index contributed by atoms with van der Waals surface area (Å²) in [6, 6.07) is 15.6. The number of aryl methyl sites for hydroxylation is 1. The molecule has 3 N–H and O–H groups in total. The molecule has 0 saturated heterocycles. The summed E-state index contributed by atoms with van der Waals surface area (Å²) in [5.41, 5.74) is 4.05. The number of amides is 1. The molecule has 0 aliphatic heterocycles. The molecule has 0 aliphatic rings. The van der Waals surface area contributed by atoms with Gasteiger partial charge in [0.1, 0.15) is 18.2 Å². The van der Waals surface area contributed by atoms with Gasteiger partial charge < -0.3 is 19.8 Å². The first-order valence-electron chi connectivity index (χ1n) is 8.90. The Balaban J connectivity index is 1.57. The summed E-state index contributed by atoms with van der Waals surface area (Å²) in [5.74, 6) is -0.122. The van der Waals surface area contributed by atoms with Crippen molar-refractivity contribution in [3.8, 4) is 11.3 Å². The zero-order valence-corrected chi connectivity index (χ0v) is 15.3. The van der Waals surface area contributed by atoms with Gasteiger partial charge in [0.25, 0.3) is 5.91 Å². The number of aliphatic hydroxyl groups is 1. The molecule has 6 heteroatoms. The average molecular weight is 378 g/mol. The third kappa shape index (κ3) is 3.30. The fourth-order valence-electron chi connectivity index (χ4n) is 3.27. The monoisotopic (exact) mass is 378 g/mol. The van der Waals surface area contributed by atoms with Gasteiger partial charge in [-0.15, -0.1) is 0 Å². The fourth-order valence-corrected chi connectivity index (χ4v) is 3.27. The lowest BCUT2D eigenvalue weighted by atomic mass is 10.0. The standard InChI is InChI=1S/C22H19FN2O3/c1-13-17-10-14(11-24-22(27)20-9-7-15(12-26)28-20)6-8-19(17)25-21(13)16-4-2-3-5-18(16)23/h2-10,25-26H,11-12H2,1H3,(H,24,27). The summed E-state index contributed by atoms with van der Waals surface area (Å²) in [6.45, 7) is 2.02. The Labute approximate surface area is 160 Å². The summed E-state index contributed by atoms with van der Waals surface area (Å²) in [5, 5.41) is 12.8. The average Bonchev–Trinajstić information content (AvgIpc) is 3.32. The topological polar surface area (TPSA) is 78.3 Å². The maximum Gasteiger partial charge on any atom is 0.287 e. The molecule has 0 aliphatic carbocycles. The Morgan fingerprint density at radius 3 is 2.75 bits per heavy atom. The van der Waals surface area contributed by atoms with Crippen LogP contribution in [0, 0.1) is 12.7 Å². The fraction of sp³-hybridized carbons (Fsp3) is 0.136. The van der Waals surface area contributed by atoms with Gasteiger partial charge in [0.15, 0.2) is 5.76 Å². The number of halogens is 1. The minimum Gasteiger partial charge on any atom is -0.453 e. The Morgan fingerprint density at radius 2 is 2.00 bits per heavy atom. The highest BCUT2D eigenvalue weighted by Gasteiger charge is 2.14. The number of aromatic nitrogens is 1. The Hall–Kier alpha value is -3.38. The van der Waals surface area contributed by atoms with Crippen LogP contribution in [-0.2, 0) is 13.2 Å². The molecule has 4 aromatic rings. The van der Waals surface area contributed by atoms with Crippen LogP contribution < -0.4 is 5.32 Å². The molecule has 0 radical (unpaired) electrons. The maximum atomic E-state index is 14.2. The van der Waals surface area contributed by atoms with Crippen LogP contribution in [0.3, 0.4) is 0 Å². The van der Waals surface area contributed by atoms with Gasteiger partial charge in [-0.3, -0.25) is 4.79 Å². The van der Waals surface area contributed by atoms with E-state index in [-0.39, 0.29) is 24.1 Å². The van der Waals surface area contributed by atoms with E-state index in [0.29, 0.717) is 17.9 Å². The van der Waals surface area contributed by atoms with Crippen molar-refractivity contribution < 1.29 is 18.7 Å². The number of aliphatic hydroxyl groups excluding tert-OH is 1. The van der Waals surface area contributed by atoms with Gasteiger partial charge in [-0.25, -0.2) is 4.39 Å². The van der Waals surface area contributed by atoms with Gasteiger partial charge >= 0.3 is 0 Å². The Morgan fingerprint density at radius 1 is 1.18 bits per heavy atom. The molecular formula is C22H19FN2O3. The predicted octanol–water partition coefficient (Wildman–Crippen LogP) is 4.30. The molecule has 2 heterocycles. The molecule has 0 bridgehead atoms. The Kier molecular flexibility index (Phi) is 4.71. The van der Waals surface area contributed by atoms with Crippen LogP contribution in [0.5, 0.6) is 0 Å². The molecule has 4 rings (SSSR count). The molecule has 0 saturated carbocycles. The van der Waals surface area contributed by atoms with Crippen LogP contribution in [0.4, 0.5) is 4.39 Å². The van der Waals surface area contributed by atoms with Gasteiger partial charge in [-0.2, -0.15) is 0 Å². The number of nitrogens with one attached hydrogen (secondary N) is 2. The van der Waals surface area contributed by atoms with Crippen LogP contribution in [0.2, 0.25) is 0 Å². The molecule has 142 valence electrons. The van der Waals surface area contributed by atoms with E-state index in [4.69, 9.17) is 9.52 Å². The number of hydrogen-bond donors (Lipinski definition) is 3. The third-order valence-electron chi connectivity index (χ3n) is 4.76. The summed E-state index contributed by atoms with van der Waals surface area (Å²) in [7, 11) is 0. The number of hydrogen-bond acceptors (Lipinski definition) is 3. The lowest BCUT2D eigenvalue weighted by Crippen LogP contribution is -2.22. The summed E-state index contributed by atoms with van der Waals surface area (Å²) in [6.07, 6.45) is 0. The van der Waals surface area contributed by atoms with Crippen LogP contribution in [0.15, 0.2) is 59.0 Å². The number of H-pyrrole nitrogens is 1. The van der Waals surface area contributed by atoms with Gasteiger partial charge in [0, 0.05) is 23.0 Å². The third-order valence-corrected chi connectivity index (χ3v) is 4.76. The SMILES string of the molecule is Cc1c(-c2ccccc2F)[nH]c2ccc(CNC(=O)c3ccc(CO)o3)cc12. The molecule has 0 spiro atoms. The Bertz CT molecular complexity index is 1160. The zero-order chi connectivity index (χ0) is 19.7. The van der Waals surface area contributed by atoms with Crippen LogP contribution in [-0.4, -0.2) is 16.0 Å². The van der Waals surface area contributed by atoms with E-state index in [1.807, 2.05) is 25.1 Å². The van der Waals surface area contributed by atoms with Crippen molar-refractivity contribution >= 4 is 16.8 Å². The molecule has 0 unspecified atom stereocenters. The number of rotatable bonds is 5. The number of furan rings is 1. The first-order valence-corrected chi connectivity index (χ1v) is 8.90. The molecule has 0 fully saturated rings. The minimum atomic E-state index is -0.349. The number of benzene rings is 2. The molecular weight excluding hydrogens is 359 g/mol. The highest BCUT2D eigenvalue weighted by Crippen LogP contribution is 2.31. The first-order chi connectivity index (χ1) is 13.6. The molecule has 1 amide bonds. The van der Waals surface area contributed by atoms with Gasteiger partial charge in [-0.1, -0.05) is 18.2 Å². The first kappa shape index (κ1) is 18.0. The number of carbonyl (C=O) groups is 1. The van der Waals surface area contributed by atoms with Crippen LogP contribution in [0.25, 0.3) is 22.2 Å². The number of carbonyl (C=O) groups excluding carboxylic acids is 1. The molecule has 2 aromatic heterocycles. The van der Waals surface area contributed by atoms with Crippen molar-refractivity contribution in [3.63, 3.8) is 0 Å². The summed E-state index contributed by atoms with van der Waals surface area (Å²) >= 11 is 0. The van der Waals surface area contributed by atoms with Crippen molar-refractivity contribution in [2.24, 2.45) is 0 Å². The van der Waals surface area contributed by atoms with E-state index in [9.17, 15) is 9.18 Å². The molecule has 0 atom stereocenters. The largest absolute Gasteiger partial charge is 0.453 e. The van der Waals surface area contributed by atoms with E-state index in [0.717, 1.165) is 27.7 Å². The smallest absolute Gasteiger partial charge is 0.287 e. The molecule has 5 nitrogen and oxygen atoms in total. The highest BCUT2D eigenvalue weighted by atomic mass is 19.1. The van der Waals surface area contributed by atoms with E-state index >= 15 is 0 Å². The molecule has 28 heavy (non-hydrogen) atoms. The van der Waals surface area contributed by atoms with E-state index < -0.39 is 0 Å². The van der Waals surface area contributed by atoms with E-state index in [1.165, 1.54) is 12.1 Å². The van der Waals surface area contributed by atoms with Crippen molar-refractivity contribution in [3.05, 3.63) is 83.1 Å². The van der Waals surface area contributed by atoms with Gasteiger partial charge in [0.2, 0.25) is 0 Å². The van der Waals surface area contributed by atoms with Crippen LogP contribution >= 0.6 is 0 Å². The summed E-state index contributed by atoms with van der Waals surface area (Å²) in [4.78, 5) is 15.5. The van der Waals surface area contributed by atoms with E-state index in [1.54, 1.807) is 24.3 Å². The van der Waals surface area contributed by atoms with Crippen molar-refractivity contribution in [2.45, 2.75) is 20.1 Å². The van der Waals surface area contributed by atoms with Crippen molar-refractivity contribution in [2.75, 3.05) is 0 Å². The lowest BCUT2D eigenvalue weighted by Gasteiger charge is -2.04. The second kappa shape index (κ2) is 7.32. The second-order valence-electron chi connectivity index (χ2n) is 6.59.